The van der Waals surface area contributed by atoms with Crippen molar-refractivity contribution in [3.8, 4) is 0 Å². The summed E-state index contributed by atoms with van der Waals surface area (Å²) in [7, 11) is 0. The number of hydrogen-bond donors (Lipinski definition) is 0. The van der Waals surface area contributed by atoms with Crippen LogP contribution < -0.4 is 0 Å². The van der Waals surface area contributed by atoms with Gasteiger partial charge in [-0.2, -0.15) is 0 Å². The lowest BCUT2D eigenvalue weighted by molar-refractivity contribution is 0.280. The summed E-state index contributed by atoms with van der Waals surface area (Å²) in [6.45, 7) is 9.53. The Bertz CT molecular complexity index is 144. The molecule has 0 aromatic carbocycles. The fraction of sp³-hybridized carbons (Fsp3) is 1.00. The van der Waals surface area contributed by atoms with Crippen molar-refractivity contribution in [1.82, 2.24) is 0 Å². The monoisotopic (exact) mass is 182 g/mol. The first-order chi connectivity index (χ1) is 6.14. The topological polar surface area (TPSA) is 0 Å². The molecule has 1 aliphatic carbocycles. The van der Waals surface area contributed by atoms with Gasteiger partial charge in [-0.05, 0) is 36.5 Å². The van der Waals surface area contributed by atoms with E-state index in [9.17, 15) is 0 Å². The fourth-order valence-electron chi connectivity index (χ4n) is 2.40. The van der Waals surface area contributed by atoms with Crippen LogP contribution in [0.3, 0.4) is 0 Å². The van der Waals surface area contributed by atoms with Gasteiger partial charge in [0, 0.05) is 0 Å². The molecular weight excluding hydrogens is 156 g/mol. The molecule has 1 aliphatic rings. The lowest BCUT2D eigenvalue weighted by atomic mass is 9.83. The van der Waals surface area contributed by atoms with Crippen LogP contribution in [0, 0.1) is 17.3 Å². The molecule has 0 radical (unpaired) electrons. The van der Waals surface area contributed by atoms with Crippen molar-refractivity contribution in [2.24, 2.45) is 17.3 Å². The van der Waals surface area contributed by atoms with Gasteiger partial charge in [0.1, 0.15) is 0 Å². The summed E-state index contributed by atoms with van der Waals surface area (Å²) in [5, 5.41) is 0. The molecule has 78 valence electrons. The molecule has 0 amide bonds. The molecular formula is C13H26. The molecule has 1 fully saturated rings. The van der Waals surface area contributed by atoms with E-state index in [1.165, 1.54) is 38.5 Å². The molecule has 0 aliphatic heterocycles. The predicted molar refractivity (Wildman–Crippen MR) is 59.8 cm³/mol. The third-order valence-electron chi connectivity index (χ3n) is 4.43. The van der Waals surface area contributed by atoms with Gasteiger partial charge in [-0.1, -0.05) is 47.0 Å². The Morgan fingerprint density at radius 2 is 1.69 bits per heavy atom. The van der Waals surface area contributed by atoms with E-state index in [0.29, 0.717) is 0 Å². The summed E-state index contributed by atoms with van der Waals surface area (Å²) in [5.74, 6) is 1.92. The van der Waals surface area contributed by atoms with Gasteiger partial charge in [-0.15, -0.1) is 0 Å². The van der Waals surface area contributed by atoms with Crippen LogP contribution in [0.15, 0.2) is 0 Å². The van der Waals surface area contributed by atoms with Gasteiger partial charge in [0.15, 0.2) is 0 Å². The standard InChI is InChI=1S/C13H26/c1-5-11(3)7-8-12(4)13(6-2)9-10-13/h11-12H,5-10H2,1-4H3. The molecule has 0 aromatic heterocycles. The van der Waals surface area contributed by atoms with Crippen LogP contribution >= 0.6 is 0 Å². The average Bonchev–Trinajstić information content (AvgIpc) is 2.94. The first-order valence-corrected chi connectivity index (χ1v) is 6.14. The van der Waals surface area contributed by atoms with Crippen LogP contribution in [0.5, 0.6) is 0 Å². The van der Waals surface area contributed by atoms with E-state index >= 15 is 0 Å². The van der Waals surface area contributed by atoms with Crippen molar-refractivity contribution in [2.45, 2.75) is 66.2 Å². The lowest BCUT2D eigenvalue weighted by Gasteiger charge is -2.23. The smallest absolute Gasteiger partial charge is 0.0274 e. The van der Waals surface area contributed by atoms with Gasteiger partial charge in [0.2, 0.25) is 0 Å². The van der Waals surface area contributed by atoms with Gasteiger partial charge < -0.3 is 0 Å². The Morgan fingerprint density at radius 1 is 1.08 bits per heavy atom. The summed E-state index contributed by atoms with van der Waals surface area (Å²) in [5.41, 5.74) is 0.785. The molecule has 2 atom stereocenters. The maximum atomic E-state index is 2.47. The van der Waals surface area contributed by atoms with E-state index in [2.05, 4.69) is 27.7 Å². The van der Waals surface area contributed by atoms with Crippen molar-refractivity contribution in [3.63, 3.8) is 0 Å². The zero-order valence-electron chi connectivity index (χ0n) is 9.90. The largest absolute Gasteiger partial charge is 0.0651 e. The highest BCUT2D eigenvalue weighted by Gasteiger charge is 2.44. The molecule has 13 heavy (non-hydrogen) atoms. The molecule has 0 heterocycles. The quantitative estimate of drug-likeness (QED) is 0.561. The van der Waals surface area contributed by atoms with Gasteiger partial charge in [-0.3, -0.25) is 0 Å². The molecule has 0 aromatic rings. The van der Waals surface area contributed by atoms with Crippen LogP contribution in [0.1, 0.15) is 66.2 Å². The normalized spacial score (nSPS) is 24.0. The van der Waals surface area contributed by atoms with E-state index in [1.807, 2.05) is 0 Å². The van der Waals surface area contributed by atoms with Crippen LogP contribution in [-0.4, -0.2) is 0 Å². The third kappa shape index (κ3) is 2.72. The minimum absolute atomic E-state index is 0.785. The predicted octanol–water partition coefficient (Wildman–Crippen LogP) is 4.64. The first kappa shape index (κ1) is 11.1. The Hall–Kier alpha value is 0. The SMILES string of the molecule is CCC(C)CCC(C)C1(CC)CC1. The van der Waals surface area contributed by atoms with Crippen LogP contribution in [-0.2, 0) is 0 Å². The second kappa shape index (κ2) is 4.48. The molecule has 0 spiro atoms. The second-order valence-corrected chi connectivity index (χ2v) is 5.21. The lowest BCUT2D eigenvalue weighted by Crippen LogP contribution is -2.12. The van der Waals surface area contributed by atoms with Crippen molar-refractivity contribution in [1.29, 1.82) is 0 Å². The summed E-state index contributed by atoms with van der Waals surface area (Å²) in [6.07, 6.45) is 8.68. The molecule has 0 bridgehead atoms. The minimum atomic E-state index is 0.785. The second-order valence-electron chi connectivity index (χ2n) is 5.21. The third-order valence-corrected chi connectivity index (χ3v) is 4.43. The number of hydrogen-bond acceptors (Lipinski definition) is 0. The summed E-state index contributed by atoms with van der Waals surface area (Å²) in [6, 6.07) is 0. The molecule has 0 saturated heterocycles. The van der Waals surface area contributed by atoms with Crippen molar-refractivity contribution in [2.75, 3.05) is 0 Å². The number of rotatable bonds is 6. The Kier molecular flexibility index (Phi) is 3.82. The highest BCUT2D eigenvalue weighted by molar-refractivity contribution is 4.95. The van der Waals surface area contributed by atoms with Crippen LogP contribution in [0.4, 0.5) is 0 Å². The Balaban J connectivity index is 2.21. The summed E-state index contributed by atoms with van der Waals surface area (Å²) in [4.78, 5) is 0. The van der Waals surface area contributed by atoms with Gasteiger partial charge in [0.25, 0.3) is 0 Å². The van der Waals surface area contributed by atoms with Gasteiger partial charge >= 0.3 is 0 Å². The maximum absolute atomic E-state index is 2.47. The zero-order chi connectivity index (χ0) is 9.90. The molecule has 2 unspecified atom stereocenters. The maximum Gasteiger partial charge on any atom is -0.0274 e. The molecule has 1 rings (SSSR count). The minimum Gasteiger partial charge on any atom is -0.0651 e. The van der Waals surface area contributed by atoms with E-state index in [4.69, 9.17) is 0 Å². The Labute approximate surface area is 84.1 Å². The Morgan fingerprint density at radius 3 is 2.08 bits per heavy atom. The van der Waals surface area contributed by atoms with Gasteiger partial charge in [-0.25, -0.2) is 0 Å². The van der Waals surface area contributed by atoms with E-state index in [1.54, 1.807) is 0 Å². The van der Waals surface area contributed by atoms with Gasteiger partial charge in [0.05, 0.1) is 0 Å². The molecule has 0 nitrogen and oxygen atoms in total. The summed E-state index contributed by atoms with van der Waals surface area (Å²) >= 11 is 0. The summed E-state index contributed by atoms with van der Waals surface area (Å²) < 4.78 is 0. The molecule has 0 heteroatoms. The van der Waals surface area contributed by atoms with Crippen LogP contribution in [0.25, 0.3) is 0 Å². The van der Waals surface area contributed by atoms with E-state index in [0.717, 1.165) is 17.3 Å². The molecule has 1 saturated carbocycles. The van der Waals surface area contributed by atoms with Crippen LogP contribution in [0.2, 0.25) is 0 Å². The fourth-order valence-corrected chi connectivity index (χ4v) is 2.40. The van der Waals surface area contributed by atoms with Crippen molar-refractivity contribution >= 4 is 0 Å². The highest BCUT2D eigenvalue weighted by atomic mass is 14.5. The molecule has 0 N–H and O–H groups in total. The highest BCUT2D eigenvalue weighted by Crippen LogP contribution is 2.56. The zero-order valence-corrected chi connectivity index (χ0v) is 9.90. The first-order valence-electron chi connectivity index (χ1n) is 6.14. The van der Waals surface area contributed by atoms with E-state index in [-0.39, 0.29) is 0 Å². The average molecular weight is 182 g/mol. The van der Waals surface area contributed by atoms with Crippen molar-refractivity contribution in [3.05, 3.63) is 0 Å². The van der Waals surface area contributed by atoms with E-state index < -0.39 is 0 Å². The van der Waals surface area contributed by atoms with Crippen molar-refractivity contribution < 1.29 is 0 Å².